The van der Waals surface area contributed by atoms with E-state index in [2.05, 4.69) is 25.7 Å². The molecule has 0 aromatic rings. The number of hydrogen-bond acceptors (Lipinski definition) is 3. The van der Waals surface area contributed by atoms with E-state index in [-0.39, 0.29) is 11.9 Å². The first kappa shape index (κ1) is 15.4. The molecule has 0 aromatic carbocycles. The first-order valence-electron chi connectivity index (χ1n) is 7.37. The van der Waals surface area contributed by atoms with Crippen LogP contribution in [-0.4, -0.2) is 54.0 Å². The molecule has 1 aliphatic heterocycles. The Morgan fingerprint density at radius 2 is 1.94 bits per heavy atom. The van der Waals surface area contributed by atoms with E-state index < -0.39 is 0 Å². The number of rotatable bonds is 7. The minimum Gasteiger partial charge on any atom is -0.343 e. The van der Waals surface area contributed by atoms with Gasteiger partial charge in [0.2, 0.25) is 5.91 Å². The molecule has 0 aliphatic carbocycles. The molecule has 106 valence electrons. The van der Waals surface area contributed by atoms with Gasteiger partial charge in [-0.2, -0.15) is 0 Å². The van der Waals surface area contributed by atoms with Gasteiger partial charge in [0.15, 0.2) is 0 Å². The van der Waals surface area contributed by atoms with Gasteiger partial charge in [-0.3, -0.25) is 9.69 Å². The molecule has 0 aromatic heterocycles. The van der Waals surface area contributed by atoms with Crippen molar-refractivity contribution in [2.75, 3.05) is 26.2 Å². The summed E-state index contributed by atoms with van der Waals surface area (Å²) in [5, 5.41) is 0. The summed E-state index contributed by atoms with van der Waals surface area (Å²) in [5.74, 6) is 0.282. The average molecular weight is 255 g/mol. The van der Waals surface area contributed by atoms with Gasteiger partial charge < -0.3 is 10.6 Å². The van der Waals surface area contributed by atoms with Crippen LogP contribution >= 0.6 is 0 Å². The van der Waals surface area contributed by atoms with Gasteiger partial charge in [-0.05, 0) is 32.7 Å². The fourth-order valence-corrected chi connectivity index (χ4v) is 2.80. The fourth-order valence-electron chi connectivity index (χ4n) is 2.80. The van der Waals surface area contributed by atoms with Crippen LogP contribution in [-0.2, 0) is 4.79 Å². The lowest BCUT2D eigenvalue weighted by Crippen LogP contribution is -2.48. The number of hydrogen-bond donors (Lipinski definition) is 1. The zero-order valence-corrected chi connectivity index (χ0v) is 12.2. The quantitative estimate of drug-likeness (QED) is 0.749. The summed E-state index contributed by atoms with van der Waals surface area (Å²) in [7, 11) is 0. The van der Waals surface area contributed by atoms with Crippen molar-refractivity contribution in [3.05, 3.63) is 0 Å². The molecule has 1 aliphatic rings. The van der Waals surface area contributed by atoms with Crippen LogP contribution in [0, 0.1) is 0 Å². The molecule has 2 unspecified atom stereocenters. The predicted molar refractivity (Wildman–Crippen MR) is 75.4 cm³/mol. The predicted octanol–water partition coefficient (Wildman–Crippen LogP) is 1.45. The molecular formula is C14H29N3O. The van der Waals surface area contributed by atoms with Crippen molar-refractivity contribution in [3.63, 3.8) is 0 Å². The van der Waals surface area contributed by atoms with Gasteiger partial charge in [0, 0.05) is 38.1 Å². The lowest BCUT2D eigenvalue weighted by molar-refractivity contribution is -0.131. The third-order valence-electron chi connectivity index (χ3n) is 4.13. The Morgan fingerprint density at radius 3 is 2.39 bits per heavy atom. The zero-order chi connectivity index (χ0) is 13.5. The van der Waals surface area contributed by atoms with Gasteiger partial charge in [-0.25, -0.2) is 0 Å². The molecule has 4 heteroatoms. The summed E-state index contributed by atoms with van der Waals surface area (Å²) < 4.78 is 0. The Hall–Kier alpha value is -0.610. The second-order valence-corrected chi connectivity index (χ2v) is 5.27. The van der Waals surface area contributed by atoms with Crippen molar-refractivity contribution in [2.45, 2.75) is 58.5 Å². The fraction of sp³-hybridized carbons (Fsp3) is 0.929. The van der Waals surface area contributed by atoms with Gasteiger partial charge >= 0.3 is 0 Å². The van der Waals surface area contributed by atoms with Crippen molar-refractivity contribution < 1.29 is 4.79 Å². The molecule has 2 atom stereocenters. The van der Waals surface area contributed by atoms with E-state index in [9.17, 15) is 4.79 Å². The maximum Gasteiger partial charge on any atom is 0.224 e. The average Bonchev–Trinajstić information content (AvgIpc) is 2.91. The Kier molecular flexibility index (Phi) is 6.65. The molecule has 4 nitrogen and oxygen atoms in total. The van der Waals surface area contributed by atoms with E-state index in [0.29, 0.717) is 19.0 Å². The third kappa shape index (κ3) is 3.95. The molecule has 0 saturated carbocycles. The Morgan fingerprint density at radius 1 is 1.33 bits per heavy atom. The molecule has 1 amide bonds. The van der Waals surface area contributed by atoms with Crippen LogP contribution in [0.15, 0.2) is 0 Å². The first-order chi connectivity index (χ1) is 8.63. The molecule has 0 spiro atoms. The first-order valence-corrected chi connectivity index (χ1v) is 7.37. The van der Waals surface area contributed by atoms with Gasteiger partial charge in [0.25, 0.3) is 0 Å². The number of carbonyl (C=O) groups excluding carboxylic acids is 1. The summed E-state index contributed by atoms with van der Waals surface area (Å²) >= 11 is 0. The lowest BCUT2D eigenvalue weighted by Gasteiger charge is -2.35. The molecule has 18 heavy (non-hydrogen) atoms. The lowest BCUT2D eigenvalue weighted by atomic mass is 10.1. The highest BCUT2D eigenvalue weighted by molar-refractivity contribution is 5.77. The monoisotopic (exact) mass is 255 g/mol. The minimum absolute atomic E-state index is 0.193. The highest BCUT2D eigenvalue weighted by Gasteiger charge is 2.26. The Balaban J connectivity index is 2.55. The smallest absolute Gasteiger partial charge is 0.224 e. The molecule has 1 heterocycles. The van der Waals surface area contributed by atoms with Gasteiger partial charge in [-0.15, -0.1) is 0 Å². The van der Waals surface area contributed by atoms with E-state index in [1.807, 2.05) is 4.90 Å². The normalized spacial score (nSPS) is 19.3. The van der Waals surface area contributed by atoms with Crippen LogP contribution in [0.25, 0.3) is 0 Å². The standard InChI is InChI=1S/C14H29N3O/c1-4-12(3)17(5-2)13(11-15)10-14(18)16-8-6-7-9-16/h12-13H,4-11,15H2,1-3H3. The van der Waals surface area contributed by atoms with Crippen molar-refractivity contribution >= 4 is 5.91 Å². The number of likely N-dealkylation sites (N-methyl/N-ethyl adjacent to an activating group) is 1. The molecule has 2 N–H and O–H groups in total. The highest BCUT2D eigenvalue weighted by atomic mass is 16.2. The van der Waals surface area contributed by atoms with Crippen LogP contribution in [0.5, 0.6) is 0 Å². The number of amides is 1. The number of nitrogens with two attached hydrogens (primary N) is 1. The molecular weight excluding hydrogens is 226 g/mol. The van der Waals surface area contributed by atoms with Gasteiger partial charge in [-0.1, -0.05) is 13.8 Å². The topological polar surface area (TPSA) is 49.6 Å². The van der Waals surface area contributed by atoms with Crippen molar-refractivity contribution in [3.8, 4) is 0 Å². The van der Waals surface area contributed by atoms with Gasteiger partial charge in [0.05, 0.1) is 0 Å². The van der Waals surface area contributed by atoms with E-state index in [0.717, 1.165) is 38.9 Å². The number of nitrogens with zero attached hydrogens (tertiary/aromatic N) is 2. The van der Waals surface area contributed by atoms with Crippen LogP contribution in [0.3, 0.4) is 0 Å². The van der Waals surface area contributed by atoms with Crippen LogP contribution in [0.2, 0.25) is 0 Å². The molecule has 0 bridgehead atoms. The van der Waals surface area contributed by atoms with E-state index in [1.54, 1.807) is 0 Å². The number of carbonyl (C=O) groups is 1. The maximum absolute atomic E-state index is 12.2. The maximum atomic E-state index is 12.2. The SMILES string of the molecule is CCC(C)N(CC)C(CN)CC(=O)N1CCCC1. The van der Waals surface area contributed by atoms with Crippen molar-refractivity contribution in [1.29, 1.82) is 0 Å². The van der Waals surface area contributed by atoms with Crippen LogP contribution in [0.1, 0.15) is 46.5 Å². The van der Waals surface area contributed by atoms with Crippen molar-refractivity contribution in [2.24, 2.45) is 5.73 Å². The second-order valence-electron chi connectivity index (χ2n) is 5.27. The number of likely N-dealkylation sites (tertiary alicyclic amines) is 1. The highest BCUT2D eigenvalue weighted by Crippen LogP contribution is 2.15. The van der Waals surface area contributed by atoms with E-state index >= 15 is 0 Å². The summed E-state index contributed by atoms with van der Waals surface area (Å²) in [5.41, 5.74) is 5.88. The van der Waals surface area contributed by atoms with E-state index in [4.69, 9.17) is 5.73 Å². The summed E-state index contributed by atoms with van der Waals surface area (Å²) in [6, 6.07) is 0.688. The minimum atomic E-state index is 0.193. The second kappa shape index (κ2) is 7.74. The molecule has 1 saturated heterocycles. The van der Waals surface area contributed by atoms with Crippen molar-refractivity contribution in [1.82, 2.24) is 9.80 Å². The molecule has 0 radical (unpaired) electrons. The molecule has 1 fully saturated rings. The summed E-state index contributed by atoms with van der Waals surface area (Å²) in [4.78, 5) is 16.6. The zero-order valence-electron chi connectivity index (χ0n) is 12.2. The summed E-state index contributed by atoms with van der Waals surface area (Å²) in [6.07, 6.45) is 3.99. The van der Waals surface area contributed by atoms with Gasteiger partial charge in [0.1, 0.15) is 0 Å². The Bertz CT molecular complexity index is 251. The van der Waals surface area contributed by atoms with Crippen LogP contribution < -0.4 is 5.73 Å². The van der Waals surface area contributed by atoms with Crippen LogP contribution in [0.4, 0.5) is 0 Å². The summed E-state index contributed by atoms with van der Waals surface area (Å²) in [6.45, 7) is 9.95. The Labute approximate surface area is 111 Å². The largest absolute Gasteiger partial charge is 0.343 e. The molecule has 1 rings (SSSR count). The third-order valence-corrected chi connectivity index (χ3v) is 4.13. The van der Waals surface area contributed by atoms with E-state index in [1.165, 1.54) is 0 Å².